The lowest BCUT2D eigenvalue weighted by Gasteiger charge is -2.17. The fourth-order valence-electron chi connectivity index (χ4n) is 2.53. The number of esters is 2. The summed E-state index contributed by atoms with van der Waals surface area (Å²) in [4.78, 5) is 35.0. The lowest BCUT2D eigenvalue weighted by Crippen LogP contribution is -2.26. The van der Waals surface area contributed by atoms with Crippen LogP contribution in [0.25, 0.3) is 11.0 Å². The van der Waals surface area contributed by atoms with Gasteiger partial charge in [0.25, 0.3) is 0 Å². The van der Waals surface area contributed by atoms with Crippen molar-refractivity contribution in [1.82, 2.24) is 0 Å². The second kappa shape index (κ2) is 8.51. The molecule has 0 radical (unpaired) electrons. The molecule has 140 valence electrons. The molecule has 2 aromatic rings. The van der Waals surface area contributed by atoms with Crippen LogP contribution in [0.2, 0.25) is 0 Å². The molecule has 1 unspecified atom stereocenters. The van der Waals surface area contributed by atoms with Crippen LogP contribution in [0.15, 0.2) is 27.4 Å². The third kappa shape index (κ3) is 4.62. The number of rotatable bonds is 7. The Morgan fingerprint density at radius 3 is 2.62 bits per heavy atom. The molecule has 0 saturated carbocycles. The van der Waals surface area contributed by atoms with Gasteiger partial charge in [-0.2, -0.15) is 0 Å². The summed E-state index contributed by atoms with van der Waals surface area (Å²) in [6, 6.07) is 4.75. The summed E-state index contributed by atoms with van der Waals surface area (Å²) in [5, 5.41) is 0.737. The SMILES string of the molecule is CCOC(=O)C(C)Oc1cc2oc(=O)cc(C)c2cc1CCC(=O)OC. The lowest BCUT2D eigenvalue weighted by molar-refractivity contribution is -0.150. The van der Waals surface area contributed by atoms with Gasteiger partial charge < -0.3 is 18.6 Å². The first-order valence-corrected chi connectivity index (χ1v) is 8.33. The van der Waals surface area contributed by atoms with Crippen molar-refractivity contribution < 1.29 is 28.2 Å². The highest BCUT2D eigenvalue weighted by atomic mass is 16.6. The minimum Gasteiger partial charge on any atom is -0.479 e. The first kappa shape index (κ1) is 19.5. The number of hydrogen-bond acceptors (Lipinski definition) is 7. The number of ether oxygens (including phenoxy) is 3. The van der Waals surface area contributed by atoms with Crippen LogP contribution in [-0.4, -0.2) is 31.8 Å². The molecule has 2 rings (SSSR count). The molecule has 7 nitrogen and oxygen atoms in total. The van der Waals surface area contributed by atoms with Crippen molar-refractivity contribution in [2.75, 3.05) is 13.7 Å². The van der Waals surface area contributed by atoms with E-state index < -0.39 is 17.7 Å². The number of methoxy groups -OCH3 is 1. The summed E-state index contributed by atoms with van der Waals surface area (Å²) in [6.45, 7) is 5.32. The Kier molecular flexibility index (Phi) is 6.38. The molecule has 1 atom stereocenters. The minimum atomic E-state index is -0.846. The fourth-order valence-corrected chi connectivity index (χ4v) is 2.53. The molecule has 7 heteroatoms. The predicted octanol–water partition coefficient (Wildman–Crippen LogP) is 2.54. The zero-order valence-corrected chi connectivity index (χ0v) is 15.3. The normalized spacial score (nSPS) is 11.8. The molecule has 0 bridgehead atoms. The number of carbonyl (C=O) groups is 2. The van der Waals surface area contributed by atoms with Crippen molar-refractivity contribution in [2.24, 2.45) is 0 Å². The smallest absolute Gasteiger partial charge is 0.347 e. The molecule has 0 N–H and O–H groups in total. The van der Waals surface area contributed by atoms with Gasteiger partial charge in [0.15, 0.2) is 6.10 Å². The van der Waals surface area contributed by atoms with Gasteiger partial charge in [-0.3, -0.25) is 4.79 Å². The van der Waals surface area contributed by atoms with E-state index in [-0.39, 0.29) is 19.0 Å². The largest absolute Gasteiger partial charge is 0.479 e. The van der Waals surface area contributed by atoms with E-state index in [0.717, 1.165) is 10.9 Å². The summed E-state index contributed by atoms with van der Waals surface area (Å²) < 4.78 is 20.6. The maximum atomic E-state index is 11.8. The number of carbonyl (C=O) groups excluding carboxylic acids is 2. The van der Waals surface area contributed by atoms with Crippen molar-refractivity contribution in [3.63, 3.8) is 0 Å². The van der Waals surface area contributed by atoms with E-state index in [2.05, 4.69) is 4.74 Å². The molecule has 0 aliphatic rings. The molecule has 1 aromatic carbocycles. The van der Waals surface area contributed by atoms with Gasteiger partial charge in [-0.1, -0.05) is 0 Å². The van der Waals surface area contributed by atoms with Gasteiger partial charge in [0.2, 0.25) is 0 Å². The summed E-state index contributed by atoms with van der Waals surface area (Å²) in [5.41, 5.74) is 1.33. The first-order chi connectivity index (χ1) is 12.3. The summed E-state index contributed by atoms with van der Waals surface area (Å²) >= 11 is 0. The van der Waals surface area contributed by atoms with Gasteiger partial charge in [0.05, 0.1) is 13.7 Å². The third-order valence-corrected chi connectivity index (χ3v) is 3.88. The molecule has 0 aliphatic carbocycles. The minimum absolute atomic E-state index is 0.155. The van der Waals surface area contributed by atoms with Crippen molar-refractivity contribution in [1.29, 1.82) is 0 Å². The highest BCUT2D eigenvalue weighted by molar-refractivity contribution is 5.83. The first-order valence-electron chi connectivity index (χ1n) is 8.33. The Morgan fingerprint density at radius 1 is 1.23 bits per heavy atom. The van der Waals surface area contributed by atoms with E-state index in [1.165, 1.54) is 13.2 Å². The zero-order chi connectivity index (χ0) is 19.3. The monoisotopic (exact) mass is 362 g/mol. The number of hydrogen-bond donors (Lipinski definition) is 0. The van der Waals surface area contributed by atoms with Gasteiger partial charge in [0.1, 0.15) is 11.3 Å². The van der Waals surface area contributed by atoms with Crippen molar-refractivity contribution in [3.8, 4) is 5.75 Å². The molecule has 1 heterocycles. The maximum Gasteiger partial charge on any atom is 0.347 e. The molecule has 0 spiro atoms. The van der Waals surface area contributed by atoms with Crippen LogP contribution < -0.4 is 10.4 Å². The number of benzene rings is 1. The second-order valence-corrected chi connectivity index (χ2v) is 5.79. The van der Waals surface area contributed by atoms with Crippen LogP contribution >= 0.6 is 0 Å². The molecular formula is C19H22O7. The average molecular weight is 362 g/mol. The van der Waals surface area contributed by atoms with Crippen LogP contribution in [0.3, 0.4) is 0 Å². The van der Waals surface area contributed by atoms with Gasteiger partial charge in [0, 0.05) is 23.9 Å². The number of aryl methyl sites for hydroxylation is 2. The van der Waals surface area contributed by atoms with Crippen LogP contribution in [-0.2, 0) is 25.5 Å². The zero-order valence-electron chi connectivity index (χ0n) is 15.3. The van der Waals surface area contributed by atoms with Crippen LogP contribution in [0, 0.1) is 6.92 Å². The highest BCUT2D eigenvalue weighted by Gasteiger charge is 2.19. The van der Waals surface area contributed by atoms with Crippen LogP contribution in [0.5, 0.6) is 5.75 Å². The van der Waals surface area contributed by atoms with Crippen LogP contribution in [0.1, 0.15) is 31.4 Å². The van der Waals surface area contributed by atoms with E-state index in [9.17, 15) is 14.4 Å². The van der Waals surface area contributed by atoms with Gasteiger partial charge in [-0.05, 0) is 44.4 Å². The quantitative estimate of drug-likeness (QED) is 0.552. The maximum absolute atomic E-state index is 11.8. The lowest BCUT2D eigenvalue weighted by atomic mass is 10.0. The molecular weight excluding hydrogens is 340 g/mol. The van der Waals surface area contributed by atoms with Crippen LogP contribution in [0.4, 0.5) is 0 Å². The van der Waals surface area contributed by atoms with E-state index in [4.69, 9.17) is 13.9 Å². The van der Waals surface area contributed by atoms with Crippen molar-refractivity contribution in [3.05, 3.63) is 39.7 Å². The fraction of sp³-hybridized carbons (Fsp3) is 0.421. The number of fused-ring (bicyclic) bond motifs is 1. The Balaban J connectivity index is 2.44. The van der Waals surface area contributed by atoms with Gasteiger partial charge in [-0.15, -0.1) is 0 Å². The summed E-state index contributed by atoms with van der Waals surface area (Å²) in [5.74, 6) is -0.501. The molecule has 26 heavy (non-hydrogen) atoms. The van der Waals surface area contributed by atoms with E-state index in [1.54, 1.807) is 32.9 Å². The molecule has 0 amide bonds. The Bertz CT molecular complexity index is 866. The predicted molar refractivity (Wildman–Crippen MR) is 94.3 cm³/mol. The van der Waals surface area contributed by atoms with E-state index >= 15 is 0 Å². The van der Waals surface area contributed by atoms with E-state index in [1.807, 2.05) is 0 Å². The van der Waals surface area contributed by atoms with Gasteiger partial charge in [-0.25, -0.2) is 9.59 Å². The van der Waals surface area contributed by atoms with Gasteiger partial charge >= 0.3 is 17.6 Å². The standard InChI is InChI=1S/C19H22O7/c1-5-24-19(22)12(3)25-15-10-16-14(11(2)8-18(21)26-16)9-13(15)6-7-17(20)23-4/h8-10,12H,5-7H2,1-4H3. The Morgan fingerprint density at radius 2 is 1.96 bits per heavy atom. The average Bonchev–Trinajstić information content (AvgIpc) is 2.59. The van der Waals surface area contributed by atoms with Crippen molar-refractivity contribution >= 4 is 22.9 Å². The van der Waals surface area contributed by atoms with E-state index in [0.29, 0.717) is 23.3 Å². The molecule has 0 saturated heterocycles. The Hall–Kier alpha value is -2.83. The highest BCUT2D eigenvalue weighted by Crippen LogP contribution is 2.29. The third-order valence-electron chi connectivity index (χ3n) is 3.88. The van der Waals surface area contributed by atoms with Crippen molar-refractivity contribution in [2.45, 2.75) is 39.7 Å². The summed E-state index contributed by atoms with van der Waals surface area (Å²) in [6.07, 6.45) is -0.338. The Labute approximate surface area is 150 Å². The second-order valence-electron chi connectivity index (χ2n) is 5.79. The molecule has 0 aliphatic heterocycles. The molecule has 0 fully saturated rings. The summed E-state index contributed by atoms with van der Waals surface area (Å²) in [7, 11) is 1.32. The topological polar surface area (TPSA) is 92.0 Å². The molecule has 1 aromatic heterocycles.